The molecule has 2 aromatic rings. The van der Waals surface area contributed by atoms with Crippen LogP contribution in [-0.4, -0.2) is 84.9 Å². The van der Waals surface area contributed by atoms with Crippen LogP contribution in [0.2, 0.25) is 10.0 Å². The molecule has 0 radical (unpaired) electrons. The molecule has 0 spiro atoms. The number of likely N-dealkylation sites (tertiary alicyclic amines) is 2. The summed E-state index contributed by atoms with van der Waals surface area (Å²) in [5.41, 5.74) is 0.793. The van der Waals surface area contributed by atoms with Crippen molar-refractivity contribution in [1.29, 1.82) is 0 Å². The topological polar surface area (TPSA) is 70.2 Å². The quantitative estimate of drug-likeness (QED) is 0.383. The fourth-order valence-electron chi connectivity index (χ4n) is 5.86. The average Bonchev–Trinajstić information content (AvgIpc) is 2.96. The Morgan fingerprint density at radius 2 is 1.74 bits per heavy atom. The van der Waals surface area contributed by atoms with Gasteiger partial charge in [-0.3, -0.25) is 9.59 Å². The summed E-state index contributed by atoms with van der Waals surface area (Å²) in [4.78, 5) is 44.6. The minimum absolute atomic E-state index is 0.0345. The van der Waals surface area contributed by atoms with Gasteiger partial charge in [-0.1, -0.05) is 47.5 Å². The third kappa shape index (κ3) is 6.76. The van der Waals surface area contributed by atoms with Gasteiger partial charge in [-0.2, -0.15) is 0 Å². The highest BCUT2D eigenvalue weighted by molar-refractivity contribution is 6.42. The summed E-state index contributed by atoms with van der Waals surface area (Å²) in [6.07, 6.45) is 4.16. The highest BCUT2D eigenvalue weighted by atomic mass is 35.5. The van der Waals surface area contributed by atoms with Crippen LogP contribution in [0.3, 0.4) is 0 Å². The smallest absolute Gasteiger partial charge is 0.331 e. The van der Waals surface area contributed by atoms with Crippen molar-refractivity contribution in [3.8, 4) is 0 Å². The molecule has 1 atom stereocenters. The zero-order chi connectivity index (χ0) is 28.0. The SMILES string of the molecule is COC(=O)C1(N2CCCCC2=O)CCN(CC[C@H](CN(C)C(=O)c2ccccc2)c2ccc(Cl)c(Cl)c2)CC1. The van der Waals surface area contributed by atoms with Gasteiger partial charge in [0.25, 0.3) is 5.91 Å². The van der Waals surface area contributed by atoms with Gasteiger partial charge in [0.1, 0.15) is 5.54 Å². The molecule has 0 unspecified atom stereocenters. The van der Waals surface area contributed by atoms with Crippen molar-refractivity contribution < 1.29 is 19.1 Å². The lowest BCUT2D eigenvalue weighted by Crippen LogP contribution is -2.63. The van der Waals surface area contributed by atoms with Crippen molar-refractivity contribution in [3.05, 3.63) is 69.7 Å². The second kappa shape index (κ2) is 13.2. The Balaban J connectivity index is 1.45. The maximum atomic E-state index is 13.1. The first-order valence-corrected chi connectivity index (χ1v) is 14.4. The van der Waals surface area contributed by atoms with E-state index in [1.807, 2.05) is 49.5 Å². The number of piperidine rings is 2. The van der Waals surface area contributed by atoms with Gasteiger partial charge in [-0.05, 0) is 68.5 Å². The van der Waals surface area contributed by atoms with E-state index < -0.39 is 5.54 Å². The minimum atomic E-state index is -0.881. The average molecular weight is 575 g/mol. The normalized spacial score (nSPS) is 18.5. The molecule has 2 aromatic carbocycles. The standard InChI is InChI=1S/C30H37Cl2N3O4/c1-33(28(37)22-8-4-3-5-9-22)21-24(23-11-12-25(31)26(32)20-23)13-17-34-18-14-30(15-19-34,29(38)39-2)35-16-7-6-10-27(35)36/h3-5,8-9,11-12,20,24H,6-7,10,13-19,21H2,1-2H3/t24-/m1/s1. The van der Waals surface area contributed by atoms with Crippen LogP contribution in [0.25, 0.3) is 0 Å². The van der Waals surface area contributed by atoms with E-state index in [-0.39, 0.29) is 23.7 Å². The largest absolute Gasteiger partial charge is 0.467 e. The number of benzene rings is 2. The predicted molar refractivity (Wildman–Crippen MR) is 153 cm³/mol. The molecule has 0 aliphatic carbocycles. The van der Waals surface area contributed by atoms with Gasteiger partial charge in [0.2, 0.25) is 5.91 Å². The molecule has 7 nitrogen and oxygen atoms in total. The lowest BCUT2D eigenvalue weighted by molar-refractivity contribution is -0.167. The Kier molecular flexibility index (Phi) is 9.91. The summed E-state index contributed by atoms with van der Waals surface area (Å²) in [6.45, 7) is 3.28. The first-order valence-electron chi connectivity index (χ1n) is 13.6. The molecule has 39 heavy (non-hydrogen) atoms. The lowest BCUT2D eigenvalue weighted by atomic mass is 9.83. The number of carbonyl (C=O) groups is 3. The molecular weight excluding hydrogens is 537 g/mol. The summed E-state index contributed by atoms with van der Waals surface area (Å²) in [6, 6.07) is 14.9. The number of nitrogens with zero attached hydrogens (tertiary/aromatic N) is 3. The first-order chi connectivity index (χ1) is 18.7. The Hall–Kier alpha value is -2.61. The van der Waals surface area contributed by atoms with E-state index in [9.17, 15) is 14.4 Å². The van der Waals surface area contributed by atoms with Gasteiger partial charge in [0, 0.05) is 51.1 Å². The molecule has 2 heterocycles. The first kappa shape index (κ1) is 29.4. The fourth-order valence-corrected chi connectivity index (χ4v) is 6.17. The predicted octanol–water partition coefficient (Wildman–Crippen LogP) is 5.26. The number of likely N-dealkylation sites (N-methyl/N-ethyl adjacent to an activating group) is 1. The molecule has 0 bridgehead atoms. The van der Waals surface area contributed by atoms with Crippen LogP contribution < -0.4 is 0 Å². The molecule has 2 amide bonds. The van der Waals surface area contributed by atoms with Crippen molar-refractivity contribution >= 4 is 41.0 Å². The number of amides is 2. The highest BCUT2D eigenvalue weighted by Crippen LogP contribution is 2.35. The van der Waals surface area contributed by atoms with Gasteiger partial charge >= 0.3 is 5.97 Å². The van der Waals surface area contributed by atoms with E-state index in [2.05, 4.69) is 4.90 Å². The summed E-state index contributed by atoms with van der Waals surface area (Å²) < 4.78 is 5.20. The molecule has 9 heteroatoms. The van der Waals surface area contributed by atoms with Crippen LogP contribution in [0, 0.1) is 0 Å². The third-order valence-corrected chi connectivity index (χ3v) is 8.90. The minimum Gasteiger partial charge on any atom is -0.467 e. The van der Waals surface area contributed by atoms with Crippen molar-refractivity contribution in [2.24, 2.45) is 0 Å². The fraction of sp³-hybridized carbons (Fsp3) is 0.500. The molecule has 2 saturated heterocycles. The number of halogens is 2. The molecule has 210 valence electrons. The maximum Gasteiger partial charge on any atom is 0.331 e. The van der Waals surface area contributed by atoms with E-state index in [4.69, 9.17) is 27.9 Å². The van der Waals surface area contributed by atoms with Gasteiger partial charge in [0.15, 0.2) is 0 Å². The Bertz CT molecular complexity index is 1170. The number of carbonyl (C=O) groups excluding carboxylic acids is 3. The van der Waals surface area contributed by atoms with E-state index in [0.29, 0.717) is 61.1 Å². The van der Waals surface area contributed by atoms with Gasteiger partial charge in [0.05, 0.1) is 17.2 Å². The number of hydrogen-bond donors (Lipinski definition) is 0. The summed E-state index contributed by atoms with van der Waals surface area (Å²) in [7, 11) is 3.22. The zero-order valence-corrected chi connectivity index (χ0v) is 24.2. The van der Waals surface area contributed by atoms with Crippen LogP contribution in [-0.2, 0) is 14.3 Å². The van der Waals surface area contributed by atoms with Crippen molar-refractivity contribution in [1.82, 2.24) is 14.7 Å². The van der Waals surface area contributed by atoms with Gasteiger partial charge in [-0.25, -0.2) is 4.79 Å². The number of esters is 1. The highest BCUT2D eigenvalue weighted by Gasteiger charge is 2.49. The van der Waals surface area contributed by atoms with Gasteiger partial charge < -0.3 is 19.4 Å². The van der Waals surface area contributed by atoms with Crippen molar-refractivity contribution in [2.75, 3.05) is 46.9 Å². The molecular formula is C30H37Cl2N3O4. The number of methoxy groups -OCH3 is 1. The molecule has 0 N–H and O–H groups in total. The van der Waals surface area contributed by atoms with Crippen molar-refractivity contribution in [2.45, 2.75) is 50.0 Å². The molecule has 0 saturated carbocycles. The van der Waals surface area contributed by atoms with Crippen LogP contribution in [0.15, 0.2) is 48.5 Å². The number of hydrogen-bond acceptors (Lipinski definition) is 5. The van der Waals surface area contributed by atoms with Crippen LogP contribution in [0.1, 0.15) is 60.4 Å². The molecule has 2 aliphatic heterocycles. The van der Waals surface area contributed by atoms with Crippen LogP contribution in [0.5, 0.6) is 0 Å². The lowest BCUT2D eigenvalue weighted by Gasteiger charge is -2.48. The van der Waals surface area contributed by atoms with Crippen LogP contribution in [0.4, 0.5) is 0 Å². The second-order valence-electron chi connectivity index (χ2n) is 10.6. The second-order valence-corrected chi connectivity index (χ2v) is 11.4. The van der Waals surface area contributed by atoms with E-state index >= 15 is 0 Å². The Morgan fingerprint density at radius 3 is 2.38 bits per heavy atom. The van der Waals surface area contributed by atoms with Crippen molar-refractivity contribution in [3.63, 3.8) is 0 Å². The molecule has 2 aliphatic rings. The summed E-state index contributed by atoms with van der Waals surface area (Å²) in [5.74, 6) is -0.265. The number of rotatable bonds is 9. The zero-order valence-electron chi connectivity index (χ0n) is 22.7. The maximum absolute atomic E-state index is 13.1. The monoisotopic (exact) mass is 573 g/mol. The third-order valence-electron chi connectivity index (χ3n) is 8.16. The number of ether oxygens (including phenoxy) is 1. The Morgan fingerprint density at radius 1 is 1.03 bits per heavy atom. The molecule has 2 fully saturated rings. The summed E-state index contributed by atoms with van der Waals surface area (Å²) in [5, 5.41) is 0.985. The van der Waals surface area contributed by atoms with E-state index in [1.165, 1.54) is 7.11 Å². The van der Waals surface area contributed by atoms with E-state index in [1.54, 1.807) is 15.9 Å². The van der Waals surface area contributed by atoms with E-state index in [0.717, 1.165) is 31.4 Å². The summed E-state index contributed by atoms with van der Waals surface area (Å²) >= 11 is 12.6. The Labute approximate surface area is 241 Å². The van der Waals surface area contributed by atoms with Crippen LogP contribution >= 0.6 is 23.2 Å². The van der Waals surface area contributed by atoms with Gasteiger partial charge in [-0.15, -0.1) is 0 Å². The molecule has 0 aromatic heterocycles. The molecule has 4 rings (SSSR count).